The molecule has 0 spiro atoms. The molecule has 4 atom stereocenters. The van der Waals surface area contributed by atoms with Crippen LogP contribution in [0.3, 0.4) is 0 Å². The minimum atomic E-state index is -0.466. The van der Waals surface area contributed by atoms with Crippen molar-refractivity contribution < 1.29 is 9.59 Å². The zero-order valence-electron chi connectivity index (χ0n) is 18.9. The SMILES string of the molecule is CN[C@@H](C)C(=O)NC(C(=O)N1CC[C@H]2CCN(CCc3ccccc3)C[C@H]21)C(C)C. The van der Waals surface area contributed by atoms with Crippen LogP contribution in [-0.4, -0.2) is 73.0 Å². The lowest BCUT2D eigenvalue weighted by molar-refractivity contribution is -0.139. The summed E-state index contributed by atoms with van der Waals surface area (Å²) in [6.07, 6.45) is 3.27. The summed E-state index contributed by atoms with van der Waals surface area (Å²) in [5.41, 5.74) is 1.36. The van der Waals surface area contributed by atoms with E-state index >= 15 is 0 Å². The molecule has 6 heteroatoms. The van der Waals surface area contributed by atoms with Crippen molar-refractivity contribution in [3.63, 3.8) is 0 Å². The number of hydrogen-bond donors (Lipinski definition) is 2. The third-order valence-electron chi connectivity index (χ3n) is 6.85. The van der Waals surface area contributed by atoms with Gasteiger partial charge in [0.2, 0.25) is 11.8 Å². The average Bonchev–Trinajstić information content (AvgIpc) is 3.18. The maximum absolute atomic E-state index is 13.4. The summed E-state index contributed by atoms with van der Waals surface area (Å²) in [6.45, 7) is 9.71. The van der Waals surface area contributed by atoms with Crippen LogP contribution < -0.4 is 10.6 Å². The van der Waals surface area contributed by atoms with Gasteiger partial charge in [0.15, 0.2) is 0 Å². The quantitative estimate of drug-likeness (QED) is 0.682. The van der Waals surface area contributed by atoms with E-state index in [0.29, 0.717) is 5.92 Å². The zero-order chi connectivity index (χ0) is 21.7. The third kappa shape index (κ3) is 5.41. The minimum absolute atomic E-state index is 0.0577. The summed E-state index contributed by atoms with van der Waals surface area (Å²) in [4.78, 5) is 30.4. The van der Waals surface area contributed by atoms with E-state index < -0.39 is 6.04 Å². The zero-order valence-corrected chi connectivity index (χ0v) is 18.9. The lowest BCUT2D eigenvalue weighted by atomic mass is 9.91. The molecule has 2 aliphatic heterocycles. The Labute approximate surface area is 181 Å². The lowest BCUT2D eigenvalue weighted by Gasteiger charge is -2.40. The van der Waals surface area contributed by atoms with Crippen LogP contribution in [0.1, 0.15) is 39.2 Å². The second kappa shape index (κ2) is 10.4. The number of nitrogens with zero attached hydrogens (tertiary/aromatic N) is 2. The summed E-state index contributed by atoms with van der Waals surface area (Å²) < 4.78 is 0. The molecule has 1 aromatic carbocycles. The Balaban J connectivity index is 1.62. The normalized spacial score (nSPS) is 23.8. The predicted molar refractivity (Wildman–Crippen MR) is 120 cm³/mol. The van der Waals surface area contributed by atoms with E-state index in [-0.39, 0.29) is 29.8 Å². The van der Waals surface area contributed by atoms with Gasteiger partial charge in [-0.05, 0) is 57.2 Å². The van der Waals surface area contributed by atoms with Crippen LogP contribution >= 0.6 is 0 Å². The van der Waals surface area contributed by atoms with Crippen molar-refractivity contribution in [2.24, 2.45) is 11.8 Å². The van der Waals surface area contributed by atoms with Crippen LogP contribution in [-0.2, 0) is 16.0 Å². The summed E-state index contributed by atoms with van der Waals surface area (Å²) in [5.74, 6) is 0.608. The van der Waals surface area contributed by atoms with Gasteiger partial charge in [0.05, 0.1) is 6.04 Å². The predicted octanol–water partition coefficient (Wildman–Crippen LogP) is 1.90. The van der Waals surface area contributed by atoms with E-state index in [4.69, 9.17) is 0 Å². The molecule has 0 radical (unpaired) electrons. The molecule has 2 amide bonds. The molecule has 0 aliphatic carbocycles. The van der Waals surface area contributed by atoms with Crippen molar-refractivity contribution in [3.8, 4) is 0 Å². The number of carbonyl (C=O) groups excluding carboxylic acids is 2. The van der Waals surface area contributed by atoms with E-state index in [0.717, 1.165) is 45.4 Å². The highest BCUT2D eigenvalue weighted by molar-refractivity contribution is 5.90. The van der Waals surface area contributed by atoms with Gasteiger partial charge < -0.3 is 20.4 Å². The van der Waals surface area contributed by atoms with Gasteiger partial charge in [-0.2, -0.15) is 0 Å². The molecule has 0 saturated carbocycles. The minimum Gasteiger partial charge on any atom is -0.343 e. The molecule has 0 aromatic heterocycles. The van der Waals surface area contributed by atoms with Gasteiger partial charge in [-0.15, -0.1) is 0 Å². The van der Waals surface area contributed by atoms with Crippen molar-refractivity contribution in [2.75, 3.05) is 33.2 Å². The van der Waals surface area contributed by atoms with Gasteiger partial charge in [-0.1, -0.05) is 44.2 Å². The monoisotopic (exact) mass is 414 g/mol. The Hall–Kier alpha value is -1.92. The molecule has 3 rings (SSSR count). The number of amides is 2. The van der Waals surface area contributed by atoms with E-state index in [2.05, 4.69) is 50.8 Å². The molecule has 0 bridgehead atoms. The molecule has 2 heterocycles. The molecule has 2 aliphatic rings. The van der Waals surface area contributed by atoms with E-state index in [1.165, 1.54) is 5.56 Å². The van der Waals surface area contributed by atoms with Gasteiger partial charge in [-0.3, -0.25) is 9.59 Å². The van der Waals surface area contributed by atoms with Crippen molar-refractivity contribution >= 4 is 11.8 Å². The Morgan fingerprint density at radius 1 is 1.10 bits per heavy atom. The Morgan fingerprint density at radius 2 is 1.80 bits per heavy atom. The van der Waals surface area contributed by atoms with Gasteiger partial charge in [-0.25, -0.2) is 0 Å². The topological polar surface area (TPSA) is 64.7 Å². The molecule has 1 aromatic rings. The van der Waals surface area contributed by atoms with Crippen LogP contribution in [0, 0.1) is 11.8 Å². The van der Waals surface area contributed by atoms with Crippen molar-refractivity contribution in [1.29, 1.82) is 0 Å². The number of piperidine rings is 1. The summed E-state index contributed by atoms with van der Waals surface area (Å²) in [5, 5.41) is 5.94. The van der Waals surface area contributed by atoms with Crippen LogP contribution in [0.5, 0.6) is 0 Å². The smallest absolute Gasteiger partial charge is 0.245 e. The standard InChI is InChI=1S/C24H38N4O2/c1-17(2)22(26-23(29)18(3)25-4)24(30)28-15-12-20-11-14-27(16-21(20)28)13-10-19-8-6-5-7-9-19/h5-9,17-18,20-22,25H,10-16H2,1-4H3,(H,26,29)/t18-,20+,21+,22?/m0/s1. The molecule has 2 fully saturated rings. The first-order valence-electron chi connectivity index (χ1n) is 11.4. The molecular weight excluding hydrogens is 376 g/mol. The molecule has 166 valence electrons. The van der Waals surface area contributed by atoms with Crippen molar-refractivity contribution in [1.82, 2.24) is 20.4 Å². The van der Waals surface area contributed by atoms with Gasteiger partial charge >= 0.3 is 0 Å². The van der Waals surface area contributed by atoms with Crippen molar-refractivity contribution in [3.05, 3.63) is 35.9 Å². The van der Waals surface area contributed by atoms with Gasteiger partial charge in [0.1, 0.15) is 6.04 Å². The van der Waals surface area contributed by atoms with Crippen LogP contribution in [0.25, 0.3) is 0 Å². The van der Waals surface area contributed by atoms with Gasteiger partial charge in [0, 0.05) is 25.7 Å². The first-order valence-corrected chi connectivity index (χ1v) is 11.4. The Morgan fingerprint density at radius 3 is 2.47 bits per heavy atom. The highest BCUT2D eigenvalue weighted by Crippen LogP contribution is 2.32. The summed E-state index contributed by atoms with van der Waals surface area (Å²) >= 11 is 0. The Kier molecular flexibility index (Phi) is 7.89. The lowest BCUT2D eigenvalue weighted by Crippen LogP contribution is -2.58. The second-order valence-electron chi connectivity index (χ2n) is 9.21. The number of fused-ring (bicyclic) bond motifs is 1. The highest BCUT2D eigenvalue weighted by Gasteiger charge is 2.43. The maximum atomic E-state index is 13.4. The number of likely N-dealkylation sites (tertiary alicyclic amines) is 2. The van der Waals surface area contributed by atoms with Crippen LogP contribution in [0.4, 0.5) is 0 Å². The largest absolute Gasteiger partial charge is 0.343 e. The first kappa shape index (κ1) is 22.8. The number of nitrogens with one attached hydrogen (secondary N) is 2. The number of hydrogen-bond acceptors (Lipinski definition) is 4. The average molecular weight is 415 g/mol. The second-order valence-corrected chi connectivity index (χ2v) is 9.21. The van der Waals surface area contributed by atoms with E-state index in [1.807, 2.05) is 20.8 Å². The van der Waals surface area contributed by atoms with E-state index in [1.54, 1.807) is 7.05 Å². The van der Waals surface area contributed by atoms with Gasteiger partial charge in [0.25, 0.3) is 0 Å². The molecular formula is C24H38N4O2. The van der Waals surface area contributed by atoms with Crippen molar-refractivity contribution in [2.45, 2.75) is 58.2 Å². The fourth-order valence-corrected chi connectivity index (χ4v) is 4.72. The summed E-state index contributed by atoms with van der Waals surface area (Å²) in [6, 6.07) is 10.1. The molecule has 30 heavy (non-hydrogen) atoms. The highest BCUT2D eigenvalue weighted by atomic mass is 16.2. The molecule has 6 nitrogen and oxygen atoms in total. The molecule has 2 saturated heterocycles. The first-order chi connectivity index (χ1) is 14.4. The number of likely N-dealkylation sites (N-methyl/N-ethyl adjacent to an activating group) is 1. The molecule has 2 N–H and O–H groups in total. The summed E-state index contributed by atoms with van der Waals surface area (Å²) in [7, 11) is 1.76. The number of benzene rings is 1. The number of carbonyl (C=O) groups is 2. The maximum Gasteiger partial charge on any atom is 0.245 e. The number of rotatable bonds is 8. The Bertz CT molecular complexity index is 708. The fraction of sp³-hybridized carbons (Fsp3) is 0.667. The van der Waals surface area contributed by atoms with Crippen LogP contribution in [0.2, 0.25) is 0 Å². The van der Waals surface area contributed by atoms with E-state index in [9.17, 15) is 9.59 Å². The fourth-order valence-electron chi connectivity index (χ4n) is 4.72. The van der Waals surface area contributed by atoms with Crippen LogP contribution in [0.15, 0.2) is 30.3 Å². The molecule has 1 unspecified atom stereocenters. The third-order valence-corrected chi connectivity index (χ3v) is 6.85.